The van der Waals surface area contributed by atoms with Crippen molar-refractivity contribution in [1.29, 1.82) is 5.26 Å². The van der Waals surface area contributed by atoms with Gasteiger partial charge in [0.05, 0.1) is 6.07 Å². The van der Waals surface area contributed by atoms with Crippen molar-refractivity contribution in [3.8, 4) is 6.07 Å². The van der Waals surface area contributed by atoms with Crippen molar-refractivity contribution in [3.05, 3.63) is 0 Å². The van der Waals surface area contributed by atoms with Crippen molar-refractivity contribution in [1.82, 2.24) is 5.32 Å². The molecule has 0 bridgehead atoms. The molecule has 2 nitrogen and oxygen atoms in total. The van der Waals surface area contributed by atoms with E-state index in [0.717, 1.165) is 19.4 Å². The van der Waals surface area contributed by atoms with Crippen LogP contribution in [0.5, 0.6) is 0 Å². The molecule has 1 aliphatic rings. The SMILES string of the molecule is CCC1CCCC1(C#N)NCC(C)C. The highest BCUT2D eigenvalue weighted by Crippen LogP contribution is 2.37. The first kappa shape index (κ1) is 11.5. The molecule has 1 saturated carbocycles. The van der Waals surface area contributed by atoms with E-state index in [4.69, 9.17) is 0 Å². The minimum atomic E-state index is -0.209. The highest BCUT2D eigenvalue weighted by Gasteiger charge is 2.41. The van der Waals surface area contributed by atoms with Crippen molar-refractivity contribution in [2.45, 2.75) is 52.0 Å². The maximum Gasteiger partial charge on any atom is 0.109 e. The largest absolute Gasteiger partial charge is 0.299 e. The van der Waals surface area contributed by atoms with Crippen LogP contribution >= 0.6 is 0 Å². The Balaban J connectivity index is 2.61. The Morgan fingerprint density at radius 2 is 2.29 bits per heavy atom. The zero-order chi connectivity index (χ0) is 10.6. The first-order chi connectivity index (χ1) is 6.64. The Kier molecular flexibility index (Phi) is 3.95. The van der Waals surface area contributed by atoms with Crippen LogP contribution in [0.2, 0.25) is 0 Å². The molecule has 0 spiro atoms. The second-order valence-corrected chi connectivity index (χ2v) is 4.86. The van der Waals surface area contributed by atoms with Gasteiger partial charge in [-0.25, -0.2) is 0 Å². The first-order valence-corrected chi connectivity index (χ1v) is 5.81. The summed E-state index contributed by atoms with van der Waals surface area (Å²) in [5, 5.41) is 12.8. The maximum absolute atomic E-state index is 9.32. The van der Waals surface area contributed by atoms with Crippen LogP contribution in [0.3, 0.4) is 0 Å². The Hall–Kier alpha value is -0.550. The second kappa shape index (κ2) is 4.79. The molecule has 2 atom stereocenters. The van der Waals surface area contributed by atoms with E-state index in [1.807, 2.05) is 0 Å². The van der Waals surface area contributed by atoms with E-state index in [1.165, 1.54) is 12.8 Å². The van der Waals surface area contributed by atoms with Crippen LogP contribution < -0.4 is 5.32 Å². The smallest absolute Gasteiger partial charge is 0.109 e. The number of nitrogens with zero attached hydrogens (tertiary/aromatic N) is 1. The van der Waals surface area contributed by atoms with Gasteiger partial charge in [-0.3, -0.25) is 5.32 Å². The van der Waals surface area contributed by atoms with Crippen molar-refractivity contribution in [2.24, 2.45) is 11.8 Å². The lowest BCUT2D eigenvalue weighted by Gasteiger charge is -2.30. The molecule has 1 aliphatic carbocycles. The third-order valence-corrected chi connectivity index (χ3v) is 3.34. The Morgan fingerprint density at radius 3 is 2.79 bits per heavy atom. The molecule has 0 radical (unpaired) electrons. The predicted molar refractivity (Wildman–Crippen MR) is 58.8 cm³/mol. The van der Waals surface area contributed by atoms with Gasteiger partial charge >= 0.3 is 0 Å². The minimum absolute atomic E-state index is 0.209. The van der Waals surface area contributed by atoms with Crippen LogP contribution in [0.4, 0.5) is 0 Å². The quantitative estimate of drug-likeness (QED) is 0.747. The number of hydrogen-bond acceptors (Lipinski definition) is 2. The standard InChI is InChI=1S/C12H22N2/c1-4-11-6-5-7-12(11,9-13)14-8-10(2)3/h10-11,14H,4-8H2,1-3H3. The Morgan fingerprint density at radius 1 is 1.57 bits per heavy atom. The molecule has 0 aliphatic heterocycles. The molecule has 1 rings (SSSR count). The summed E-state index contributed by atoms with van der Waals surface area (Å²) in [6.45, 7) is 7.53. The van der Waals surface area contributed by atoms with Crippen molar-refractivity contribution in [2.75, 3.05) is 6.54 Å². The first-order valence-electron chi connectivity index (χ1n) is 5.81. The van der Waals surface area contributed by atoms with Gasteiger partial charge in [-0.05, 0) is 31.2 Å². The molecule has 0 aromatic rings. The molecule has 1 fully saturated rings. The summed E-state index contributed by atoms with van der Waals surface area (Å²) in [6.07, 6.45) is 4.58. The molecule has 0 aromatic carbocycles. The average molecular weight is 194 g/mol. The highest BCUT2D eigenvalue weighted by atomic mass is 15.0. The molecule has 1 N–H and O–H groups in total. The normalized spacial score (nSPS) is 32.1. The maximum atomic E-state index is 9.32. The fraction of sp³-hybridized carbons (Fsp3) is 0.917. The van der Waals surface area contributed by atoms with Gasteiger partial charge < -0.3 is 0 Å². The molecule has 2 unspecified atom stereocenters. The summed E-state index contributed by atoms with van der Waals surface area (Å²) in [6, 6.07) is 2.52. The Labute approximate surface area is 87.7 Å². The van der Waals surface area contributed by atoms with Crippen LogP contribution in [-0.4, -0.2) is 12.1 Å². The van der Waals surface area contributed by atoms with E-state index in [-0.39, 0.29) is 5.54 Å². The van der Waals surface area contributed by atoms with Gasteiger partial charge in [-0.2, -0.15) is 5.26 Å². The fourth-order valence-corrected chi connectivity index (χ4v) is 2.44. The third kappa shape index (κ3) is 2.27. The average Bonchev–Trinajstić information content (AvgIpc) is 2.58. The number of hydrogen-bond donors (Lipinski definition) is 1. The monoisotopic (exact) mass is 194 g/mol. The van der Waals surface area contributed by atoms with Crippen LogP contribution in [0.1, 0.15) is 46.5 Å². The zero-order valence-electron chi connectivity index (χ0n) is 9.64. The highest BCUT2D eigenvalue weighted by molar-refractivity contribution is 5.13. The van der Waals surface area contributed by atoms with Crippen LogP contribution in [0.15, 0.2) is 0 Å². The second-order valence-electron chi connectivity index (χ2n) is 4.86. The lowest BCUT2D eigenvalue weighted by molar-refractivity contribution is 0.296. The minimum Gasteiger partial charge on any atom is -0.299 e. The predicted octanol–water partition coefficient (Wildman–Crippen LogP) is 2.70. The van der Waals surface area contributed by atoms with E-state index >= 15 is 0 Å². The summed E-state index contributed by atoms with van der Waals surface area (Å²) >= 11 is 0. The van der Waals surface area contributed by atoms with Crippen LogP contribution in [0, 0.1) is 23.2 Å². The topological polar surface area (TPSA) is 35.8 Å². The van der Waals surface area contributed by atoms with Crippen LogP contribution in [-0.2, 0) is 0 Å². The van der Waals surface area contributed by atoms with Gasteiger partial charge in [0.1, 0.15) is 5.54 Å². The summed E-state index contributed by atoms with van der Waals surface area (Å²) < 4.78 is 0. The number of nitrogens with one attached hydrogen (secondary N) is 1. The van der Waals surface area contributed by atoms with Gasteiger partial charge in [0, 0.05) is 0 Å². The van der Waals surface area contributed by atoms with E-state index in [1.54, 1.807) is 0 Å². The number of rotatable bonds is 4. The molecular formula is C12H22N2. The van der Waals surface area contributed by atoms with Gasteiger partial charge in [-0.15, -0.1) is 0 Å². The Bertz CT molecular complexity index is 217. The zero-order valence-corrected chi connectivity index (χ0v) is 9.64. The molecule has 0 amide bonds. The molecule has 0 heterocycles. The van der Waals surface area contributed by atoms with Gasteiger partial charge in [-0.1, -0.05) is 33.6 Å². The van der Waals surface area contributed by atoms with Gasteiger partial charge in [0.15, 0.2) is 0 Å². The summed E-state index contributed by atoms with van der Waals surface area (Å²) in [5.74, 6) is 1.18. The molecule has 80 valence electrons. The molecule has 0 saturated heterocycles. The van der Waals surface area contributed by atoms with E-state index in [0.29, 0.717) is 11.8 Å². The number of nitriles is 1. The van der Waals surface area contributed by atoms with Crippen molar-refractivity contribution < 1.29 is 0 Å². The molecule has 0 aromatic heterocycles. The van der Waals surface area contributed by atoms with E-state index in [2.05, 4.69) is 32.2 Å². The summed E-state index contributed by atoms with van der Waals surface area (Å²) in [5.41, 5.74) is -0.209. The van der Waals surface area contributed by atoms with Gasteiger partial charge in [0.25, 0.3) is 0 Å². The third-order valence-electron chi connectivity index (χ3n) is 3.34. The lowest BCUT2D eigenvalue weighted by atomic mass is 9.86. The van der Waals surface area contributed by atoms with Crippen molar-refractivity contribution >= 4 is 0 Å². The molecular weight excluding hydrogens is 172 g/mol. The summed E-state index contributed by atoms with van der Waals surface area (Å²) in [4.78, 5) is 0. The van der Waals surface area contributed by atoms with Gasteiger partial charge in [0.2, 0.25) is 0 Å². The molecule has 2 heteroatoms. The molecule has 14 heavy (non-hydrogen) atoms. The lowest BCUT2D eigenvalue weighted by Crippen LogP contribution is -2.48. The fourth-order valence-electron chi connectivity index (χ4n) is 2.44. The summed E-state index contributed by atoms with van der Waals surface area (Å²) in [7, 11) is 0. The van der Waals surface area contributed by atoms with E-state index < -0.39 is 0 Å². The van der Waals surface area contributed by atoms with E-state index in [9.17, 15) is 5.26 Å². The van der Waals surface area contributed by atoms with Crippen LogP contribution in [0.25, 0.3) is 0 Å². The van der Waals surface area contributed by atoms with Crippen molar-refractivity contribution in [3.63, 3.8) is 0 Å².